The van der Waals surface area contributed by atoms with Gasteiger partial charge in [-0.2, -0.15) is 0 Å². The molecule has 1 saturated carbocycles. The van der Waals surface area contributed by atoms with Gasteiger partial charge in [0, 0.05) is 18.8 Å². The molecule has 35 heavy (non-hydrogen) atoms. The highest BCUT2D eigenvalue weighted by Gasteiger charge is 2.28. The predicted molar refractivity (Wildman–Crippen MR) is 137 cm³/mol. The Kier molecular flexibility index (Phi) is 8.28. The molecule has 1 fully saturated rings. The molecule has 1 N–H and O–H groups in total. The van der Waals surface area contributed by atoms with E-state index >= 15 is 0 Å². The van der Waals surface area contributed by atoms with E-state index in [1.54, 1.807) is 13.3 Å². The Bertz CT molecular complexity index is 1140. The van der Waals surface area contributed by atoms with Crippen molar-refractivity contribution in [2.75, 3.05) is 18.9 Å². The predicted octanol–water partition coefficient (Wildman–Crippen LogP) is 5.18. The van der Waals surface area contributed by atoms with E-state index in [-0.39, 0.29) is 24.4 Å². The van der Waals surface area contributed by atoms with Gasteiger partial charge in [-0.25, -0.2) is 0 Å². The lowest BCUT2D eigenvalue weighted by molar-refractivity contribution is -0.132. The fraction of sp³-hybridized carbons (Fsp3) is 0.462. The number of para-hydroxylation sites is 1. The fourth-order valence-electron chi connectivity index (χ4n) is 4.55. The van der Waals surface area contributed by atoms with Gasteiger partial charge in [-0.1, -0.05) is 56.1 Å². The smallest absolute Gasteiger partial charge is 0.243 e. The number of amides is 2. The quantitative estimate of drug-likeness (QED) is 0.411. The standard InChI is InChI=1S/C26H33N5O3S/c1-4-19-11-8-9-14-21(19)27-23(32)17-30(3)25(33)18(2)35-26-29-28-24(22-15-10-16-34-22)31(26)20-12-6-5-7-13-20/h8-11,14-16,18,20H,4-7,12-13,17H2,1-3H3,(H,27,32)/t18-/m0/s1. The molecule has 8 nitrogen and oxygen atoms in total. The summed E-state index contributed by atoms with van der Waals surface area (Å²) >= 11 is 1.38. The molecule has 0 spiro atoms. The Hall–Kier alpha value is -3.07. The van der Waals surface area contributed by atoms with Crippen LogP contribution in [0.3, 0.4) is 0 Å². The highest BCUT2D eigenvalue weighted by molar-refractivity contribution is 8.00. The summed E-state index contributed by atoms with van der Waals surface area (Å²) in [5.74, 6) is 1.03. The van der Waals surface area contributed by atoms with E-state index in [9.17, 15) is 9.59 Å². The second-order valence-corrected chi connectivity index (χ2v) is 10.3. The van der Waals surface area contributed by atoms with E-state index in [0.717, 1.165) is 43.4 Å². The molecular formula is C26H33N5O3S. The number of carbonyl (C=O) groups is 2. The van der Waals surface area contributed by atoms with Gasteiger partial charge in [0.1, 0.15) is 0 Å². The Morgan fingerprint density at radius 3 is 2.66 bits per heavy atom. The van der Waals surface area contributed by atoms with Crippen LogP contribution in [0.15, 0.2) is 52.2 Å². The number of hydrogen-bond acceptors (Lipinski definition) is 6. The van der Waals surface area contributed by atoms with Gasteiger partial charge >= 0.3 is 0 Å². The molecule has 2 heterocycles. The summed E-state index contributed by atoms with van der Waals surface area (Å²) in [5.41, 5.74) is 1.85. The lowest BCUT2D eigenvalue weighted by Gasteiger charge is -2.26. The van der Waals surface area contributed by atoms with Crippen LogP contribution in [0.4, 0.5) is 5.69 Å². The van der Waals surface area contributed by atoms with Crippen LogP contribution in [0.5, 0.6) is 0 Å². The highest BCUT2D eigenvalue weighted by Crippen LogP contribution is 2.36. The van der Waals surface area contributed by atoms with Gasteiger partial charge in [-0.3, -0.25) is 14.2 Å². The Labute approximate surface area is 210 Å². The molecule has 3 aromatic rings. The van der Waals surface area contributed by atoms with E-state index in [0.29, 0.717) is 16.7 Å². The number of aromatic nitrogens is 3. The van der Waals surface area contributed by atoms with E-state index in [1.807, 2.05) is 50.2 Å². The van der Waals surface area contributed by atoms with Crippen molar-refractivity contribution in [1.82, 2.24) is 19.7 Å². The third-order valence-electron chi connectivity index (χ3n) is 6.41. The fourth-order valence-corrected chi connectivity index (χ4v) is 5.59. The van der Waals surface area contributed by atoms with Gasteiger partial charge in [-0.15, -0.1) is 10.2 Å². The minimum atomic E-state index is -0.424. The molecule has 4 rings (SSSR count). The molecule has 2 amide bonds. The molecule has 0 aliphatic heterocycles. The SMILES string of the molecule is CCc1ccccc1NC(=O)CN(C)C(=O)[C@H](C)Sc1nnc(-c2ccco2)n1C1CCCCC1. The van der Waals surface area contributed by atoms with Crippen LogP contribution in [0.2, 0.25) is 0 Å². The molecule has 1 aromatic carbocycles. The molecular weight excluding hydrogens is 462 g/mol. The molecule has 1 aliphatic carbocycles. The molecule has 1 aliphatic rings. The first kappa shape index (κ1) is 25.0. The van der Waals surface area contributed by atoms with E-state index in [4.69, 9.17) is 4.42 Å². The Balaban J connectivity index is 1.43. The number of nitrogens with zero attached hydrogens (tertiary/aromatic N) is 4. The van der Waals surface area contributed by atoms with Crippen LogP contribution in [-0.4, -0.2) is 50.3 Å². The van der Waals surface area contributed by atoms with E-state index in [1.165, 1.54) is 23.1 Å². The molecule has 0 unspecified atom stereocenters. The van der Waals surface area contributed by atoms with Crippen LogP contribution in [-0.2, 0) is 16.0 Å². The normalized spacial score (nSPS) is 15.1. The Morgan fingerprint density at radius 1 is 1.17 bits per heavy atom. The third kappa shape index (κ3) is 5.96. The van der Waals surface area contributed by atoms with Crippen molar-refractivity contribution in [3.8, 4) is 11.6 Å². The first-order valence-corrected chi connectivity index (χ1v) is 13.1. The number of hydrogen-bond donors (Lipinski definition) is 1. The van der Waals surface area contributed by atoms with Crippen LogP contribution < -0.4 is 5.32 Å². The van der Waals surface area contributed by atoms with Crippen molar-refractivity contribution in [2.45, 2.75) is 68.8 Å². The van der Waals surface area contributed by atoms with Crippen LogP contribution in [0.25, 0.3) is 11.6 Å². The number of furan rings is 1. The topological polar surface area (TPSA) is 93.3 Å². The molecule has 0 saturated heterocycles. The lowest BCUT2D eigenvalue weighted by atomic mass is 9.95. The van der Waals surface area contributed by atoms with Crippen LogP contribution in [0.1, 0.15) is 57.6 Å². The first-order valence-electron chi connectivity index (χ1n) is 12.3. The molecule has 186 valence electrons. The second-order valence-electron chi connectivity index (χ2n) is 8.96. The van der Waals surface area contributed by atoms with Crippen molar-refractivity contribution in [3.63, 3.8) is 0 Å². The van der Waals surface area contributed by atoms with E-state index in [2.05, 4.69) is 20.1 Å². The van der Waals surface area contributed by atoms with Crippen molar-refractivity contribution in [3.05, 3.63) is 48.2 Å². The van der Waals surface area contributed by atoms with Crippen LogP contribution >= 0.6 is 11.8 Å². The zero-order chi connectivity index (χ0) is 24.8. The summed E-state index contributed by atoms with van der Waals surface area (Å²) in [6, 6.07) is 11.7. The number of rotatable bonds is 9. The number of aryl methyl sites for hydroxylation is 1. The van der Waals surface area contributed by atoms with Crippen molar-refractivity contribution in [2.24, 2.45) is 0 Å². The van der Waals surface area contributed by atoms with Gasteiger partial charge in [0.15, 0.2) is 10.9 Å². The summed E-state index contributed by atoms with van der Waals surface area (Å²) in [4.78, 5) is 27.2. The number of likely N-dealkylation sites (N-methyl/N-ethyl adjacent to an activating group) is 1. The number of thioether (sulfide) groups is 1. The van der Waals surface area contributed by atoms with Crippen LogP contribution in [0, 0.1) is 0 Å². The number of anilines is 1. The maximum absolute atomic E-state index is 13.1. The highest BCUT2D eigenvalue weighted by atomic mass is 32.2. The van der Waals surface area contributed by atoms with Crippen molar-refractivity contribution in [1.29, 1.82) is 0 Å². The van der Waals surface area contributed by atoms with Gasteiger partial charge in [0.2, 0.25) is 17.6 Å². The summed E-state index contributed by atoms with van der Waals surface area (Å²) in [7, 11) is 1.66. The van der Waals surface area contributed by atoms with Gasteiger partial charge < -0.3 is 14.6 Å². The van der Waals surface area contributed by atoms with Crippen molar-refractivity contribution < 1.29 is 14.0 Å². The molecule has 1 atom stereocenters. The molecule has 0 bridgehead atoms. The molecule has 0 radical (unpaired) electrons. The number of benzene rings is 1. The summed E-state index contributed by atoms with van der Waals surface area (Å²) < 4.78 is 7.75. The number of nitrogens with one attached hydrogen (secondary N) is 1. The average molecular weight is 496 g/mol. The molecule has 2 aromatic heterocycles. The van der Waals surface area contributed by atoms with E-state index < -0.39 is 5.25 Å². The minimum Gasteiger partial charge on any atom is -0.461 e. The monoisotopic (exact) mass is 495 g/mol. The summed E-state index contributed by atoms with van der Waals surface area (Å²) in [6.45, 7) is 3.87. The third-order valence-corrected chi connectivity index (χ3v) is 7.45. The number of carbonyl (C=O) groups excluding carboxylic acids is 2. The van der Waals surface area contributed by atoms with Gasteiger partial charge in [0.25, 0.3) is 0 Å². The first-order chi connectivity index (χ1) is 17.0. The molecule has 9 heteroatoms. The second kappa shape index (κ2) is 11.6. The average Bonchev–Trinajstić information content (AvgIpc) is 3.54. The zero-order valence-electron chi connectivity index (χ0n) is 20.6. The van der Waals surface area contributed by atoms with Gasteiger partial charge in [-0.05, 0) is 49.9 Å². The largest absolute Gasteiger partial charge is 0.461 e. The lowest BCUT2D eigenvalue weighted by Crippen LogP contribution is -2.39. The minimum absolute atomic E-state index is 0.0191. The zero-order valence-corrected chi connectivity index (χ0v) is 21.4. The Morgan fingerprint density at radius 2 is 1.94 bits per heavy atom. The van der Waals surface area contributed by atoms with Crippen molar-refractivity contribution >= 4 is 29.3 Å². The maximum atomic E-state index is 13.1. The summed E-state index contributed by atoms with van der Waals surface area (Å²) in [5, 5.41) is 12.1. The summed E-state index contributed by atoms with van der Waals surface area (Å²) in [6.07, 6.45) is 8.13. The maximum Gasteiger partial charge on any atom is 0.243 e. The van der Waals surface area contributed by atoms with Gasteiger partial charge in [0.05, 0.1) is 18.1 Å².